The molecule has 0 unspecified atom stereocenters. The van der Waals surface area contributed by atoms with Crippen molar-refractivity contribution in [1.82, 2.24) is 14.5 Å². The minimum atomic E-state index is -0.369. The number of hydrogen-bond acceptors (Lipinski definition) is 4. The third kappa shape index (κ3) is 1.74. The molecule has 6 heteroatoms. The van der Waals surface area contributed by atoms with Crippen LogP contribution in [0.5, 0.6) is 0 Å². The second kappa shape index (κ2) is 4.06. The quantitative estimate of drug-likeness (QED) is 0.648. The molecule has 3 rings (SSSR count). The Kier molecular flexibility index (Phi) is 2.52. The lowest BCUT2D eigenvalue weighted by Crippen LogP contribution is -2.08. The lowest BCUT2D eigenvalue weighted by Gasteiger charge is -2.00. The van der Waals surface area contributed by atoms with Crippen LogP contribution in [0.1, 0.15) is 0 Å². The summed E-state index contributed by atoms with van der Waals surface area (Å²) in [5, 5.41) is 0. The summed E-state index contributed by atoms with van der Waals surface area (Å²) >= 11 is 3.23. The first-order valence-corrected chi connectivity index (χ1v) is 6.03. The van der Waals surface area contributed by atoms with Crippen LogP contribution in [0.15, 0.2) is 44.4 Å². The summed E-state index contributed by atoms with van der Waals surface area (Å²) in [5.41, 5.74) is 2.96. The van der Waals surface area contributed by atoms with Crippen LogP contribution in [0.3, 0.4) is 0 Å². The van der Waals surface area contributed by atoms with E-state index in [0.29, 0.717) is 10.3 Å². The van der Waals surface area contributed by atoms with E-state index >= 15 is 0 Å². The van der Waals surface area contributed by atoms with E-state index in [9.17, 15) is 4.79 Å². The van der Waals surface area contributed by atoms with Crippen molar-refractivity contribution in [2.45, 2.75) is 0 Å². The number of oxazole rings is 1. The average molecular weight is 306 g/mol. The molecule has 5 nitrogen and oxygen atoms in total. The minimum Gasteiger partial charge on any atom is -0.408 e. The van der Waals surface area contributed by atoms with Crippen LogP contribution in [0.25, 0.3) is 22.4 Å². The topological polar surface area (TPSA) is 60.9 Å². The Hall–Kier alpha value is -1.95. The van der Waals surface area contributed by atoms with Gasteiger partial charge >= 0.3 is 5.76 Å². The summed E-state index contributed by atoms with van der Waals surface area (Å²) in [4.78, 5) is 19.6. The molecule has 0 atom stereocenters. The molecular weight excluding hydrogens is 298 g/mol. The van der Waals surface area contributed by atoms with Gasteiger partial charge in [0.15, 0.2) is 10.3 Å². The smallest absolute Gasteiger partial charge is 0.408 e. The van der Waals surface area contributed by atoms with Crippen LogP contribution >= 0.6 is 15.9 Å². The second-order valence-electron chi connectivity index (χ2n) is 3.82. The molecule has 0 fully saturated rings. The normalized spacial score (nSPS) is 11.0. The van der Waals surface area contributed by atoms with Crippen molar-refractivity contribution in [2.75, 3.05) is 0 Å². The molecule has 0 amide bonds. The predicted molar refractivity (Wildman–Crippen MR) is 70.2 cm³/mol. The van der Waals surface area contributed by atoms with Crippen molar-refractivity contribution in [3.05, 3.63) is 45.7 Å². The molecule has 18 heavy (non-hydrogen) atoms. The van der Waals surface area contributed by atoms with Crippen molar-refractivity contribution in [3.8, 4) is 11.3 Å². The fourth-order valence-corrected chi connectivity index (χ4v) is 2.10. The number of fused-ring (bicyclic) bond motifs is 1. The SMILES string of the molecule is Cn1c(=O)oc2cc(-c3ccnc(Br)n3)ccc21. The Morgan fingerprint density at radius 3 is 2.94 bits per heavy atom. The van der Waals surface area contributed by atoms with E-state index < -0.39 is 0 Å². The Balaban J connectivity index is 2.22. The molecule has 0 aliphatic heterocycles. The van der Waals surface area contributed by atoms with E-state index in [1.54, 1.807) is 25.4 Å². The third-order valence-corrected chi connectivity index (χ3v) is 3.10. The van der Waals surface area contributed by atoms with Gasteiger partial charge < -0.3 is 4.42 Å². The monoisotopic (exact) mass is 305 g/mol. The summed E-state index contributed by atoms with van der Waals surface area (Å²) in [7, 11) is 1.68. The van der Waals surface area contributed by atoms with E-state index in [0.717, 1.165) is 16.8 Å². The van der Waals surface area contributed by atoms with E-state index in [4.69, 9.17) is 4.42 Å². The molecular formula is C12H8BrN3O2. The maximum Gasteiger partial charge on any atom is 0.419 e. The molecule has 0 saturated heterocycles. The number of hydrogen-bond donors (Lipinski definition) is 0. The van der Waals surface area contributed by atoms with Gasteiger partial charge in [-0.25, -0.2) is 14.8 Å². The molecule has 0 N–H and O–H groups in total. The highest BCUT2D eigenvalue weighted by atomic mass is 79.9. The van der Waals surface area contributed by atoms with E-state index in [-0.39, 0.29) is 5.76 Å². The van der Waals surface area contributed by atoms with Gasteiger partial charge in [-0.3, -0.25) is 4.57 Å². The second-order valence-corrected chi connectivity index (χ2v) is 4.53. The highest BCUT2D eigenvalue weighted by Crippen LogP contribution is 2.22. The first-order chi connectivity index (χ1) is 8.65. The van der Waals surface area contributed by atoms with Gasteiger partial charge in [-0.15, -0.1) is 0 Å². The van der Waals surface area contributed by atoms with Gasteiger partial charge in [-0.05, 0) is 34.1 Å². The molecule has 0 radical (unpaired) electrons. The highest BCUT2D eigenvalue weighted by Gasteiger charge is 2.08. The van der Waals surface area contributed by atoms with Gasteiger partial charge in [0.25, 0.3) is 0 Å². The van der Waals surface area contributed by atoms with E-state index in [1.165, 1.54) is 4.57 Å². The van der Waals surface area contributed by atoms with Gasteiger partial charge in [-0.1, -0.05) is 6.07 Å². The maximum atomic E-state index is 11.4. The summed E-state index contributed by atoms with van der Waals surface area (Å²) < 4.78 is 7.13. The highest BCUT2D eigenvalue weighted by molar-refractivity contribution is 9.10. The molecule has 0 aliphatic rings. The number of halogens is 1. The summed E-state index contributed by atoms with van der Waals surface area (Å²) in [6, 6.07) is 7.33. The zero-order valence-corrected chi connectivity index (χ0v) is 11.0. The number of benzene rings is 1. The predicted octanol–water partition coefficient (Wildman–Crippen LogP) is 2.35. The van der Waals surface area contributed by atoms with E-state index in [2.05, 4.69) is 25.9 Å². The Morgan fingerprint density at radius 2 is 2.17 bits per heavy atom. The molecule has 2 heterocycles. The molecule has 2 aromatic heterocycles. The van der Waals surface area contributed by atoms with Crippen LogP contribution < -0.4 is 5.76 Å². The number of nitrogens with zero attached hydrogens (tertiary/aromatic N) is 3. The van der Waals surface area contributed by atoms with Gasteiger partial charge in [0.2, 0.25) is 0 Å². The first-order valence-electron chi connectivity index (χ1n) is 5.23. The molecule has 3 aromatic rings. The zero-order chi connectivity index (χ0) is 12.7. The molecule has 90 valence electrons. The summed E-state index contributed by atoms with van der Waals surface area (Å²) in [6.07, 6.45) is 1.66. The average Bonchev–Trinajstić information content (AvgIpc) is 2.65. The van der Waals surface area contributed by atoms with Crippen molar-refractivity contribution in [2.24, 2.45) is 7.05 Å². The van der Waals surface area contributed by atoms with Crippen molar-refractivity contribution in [3.63, 3.8) is 0 Å². The summed E-state index contributed by atoms with van der Waals surface area (Å²) in [6.45, 7) is 0. The molecule has 0 bridgehead atoms. The number of aryl methyl sites for hydroxylation is 1. The molecule has 1 aromatic carbocycles. The fourth-order valence-electron chi connectivity index (χ4n) is 1.79. The van der Waals surface area contributed by atoms with Crippen LogP contribution in [0, 0.1) is 0 Å². The largest absolute Gasteiger partial charge is 0.419 e. The van der Waals surface area contributed by atoms with Crippen molar-refractivity contribution < 1.29 is 4.42 Å². The Morgan fingerprint density at radius 1 is 1.33 bits per heavy atom. The minimum absolute atomic E-state index is 0.369. The number of aromatic nitrogens is 3. The van der Waals surface area contributed by atoms with Gasteiger partial charge in [0.05, 0.1) is 11.2 Å². The van der Waals surface area contributed by atoms with Crippen molar-refractivity contribution in [1.29, 1.82) is 0 Å². The maximum absolute atomic E-state index is 11.4. The lowest BCUT2D eigenvalue weighted by molar-refractivity contribution is 0.528. The Labute approximate surface area is 110 Å². The first kappa shape index (κ1) is 11.2. The zero-order valence-electron chi connectivity index (χ0n) is 9.42. The molecule has 0 saturated carbocycles. The Bertz CT molecular complexity index is 791. The lowest BCUT2D eigenvalue weighted by atomic mass is 10.1. The van der Waals surface area contributed by atoms with Crippen molar-refractivity contribution >= 4 is 27.0 Å². The van der Waals surface area contributed by atoms with Crippen LogP contribution in [-0.2, 0) is 7.05 Å². The summed E-state index contributed by atoms with van der Waals surface area (Å²) in [5.74, 6) is -0.369. The molecule has 0 aliphatic carbocycles. The van der Waals surface area contributed by atoms with Crippen LogP contribution in [-0.4, -0.2) is 14.5 Å². The van der Waals surface area contributed by atoms with Crippen LogP contribution in [0.4, 0.5) is 0 Å². The third-order valence-electron chi connectivity index (χ3n) is 2.71. The standard InChI is InChI=1S/C12H8BrN3O2/c1-16-9-3-2-7(6-10(9)18-12(16)17)8-4-5-14-11(13)15-8/h2-6H,1H3. The van der Waals surface area contributed by atoms with Gasteiger partial charge in [0.1, 0.15) is 0 Å². The van der Waals surface area contributed by atoms with Crippen LogP contribution in [0.2, 0.25) is 0 Å². The number of rotatable bonds is 1. The van der Waals surface area contributed by atoms with E-state index in [1.807, 2.05) is 12.1 Å². The molecule has 0 spiro atoms. The van der Waals surface area contributed by atoms with Gasteiger partial charge in [-0.2, -0.15) is 0 Å². The van der Waals surface area contributed by atoms with Gasteiger partial charge in [0, 0.05) is 18.8 Å². The fraction of sp³-hybridized carbons (Fsp3) is 0.0833.